The molecule has 1 aromatic rings. The molecule has 5 nitrogen and oxygen atoms in total. The molecule has 1 saturated heterocycles. The number of nitrogens with zero attached hydrogens (tertiary/aromatic N) is 2. The Morgan fingerprint density at radius 3 is 2.38 bits per heavy atom. The number of nitro groups is 1. The van der Waals surface area contributed by atoms with Crippen molar-refractivity contribution < 1.29 is 4.92 Å². The average Bonchev–Trinajstić information content (AvgIpc) is 2.71. The van der Waals surface area contributed by atoms with Gasteiger partial charge in [0.15, 0.2) is 0 Å². The summed E-state index contributed by atoms with van der Waals surface area (Å²) in [5.74, 6) is 0. The quantitative estimate of drug-likeness (QED) is 0.649. The van der Waals surface area contributed by atoms with E-state index < -0.39 is 4.92 Å². The number of hydrogen-bond acceptors (Lipinski definition) is 4. The zero-order chi connectivity index (χ0) is 15.2. The molecule has 0 aromatic heterocycles. The predicted octanol–water partition coefficient (Wildman–Crippen LogP) is 4.19. The summed E-state index contributed by atoms with van der Waals surface area (Å²) in [4.78, 5) is 13.0. The van der Waals surface area contributed by atoms with E-state index in [-0.39, 0.29) is 10.7 Å². The van der Waals surface area contributed by atoms with Crippen molar-refractivity contribution in [2.75, 3.05) is 31.5 Å². The first kappa shape index (κ1) is 16.3. The van der Waals surface area contributed by atoms with Gasteiger partial charge in [0.1, 0.15) is 5.69 Å². The van der Waals surface area contributed by atoms with Crippen LogP contribution in [-0.2, 0) is 0 Å². The third kappa shape index (κ3) is 4.73. The first-order valence-corrected chi connectivity index (χ1v) is 7.93. The van der Waals surface area contributed by atoms with E-state index in [1.165, 1.54) is 37.8 Å². The number of rotatable bonds is 5. The summed E-state index contributed by atoms with van der Waals surface area (Å²) in [5.41, 5.74) is 0.379. The molecule has 0 radical (unpaired) electrons. The first-order valence-electron chi connectivity index (χ1n) is 7.17. The van der Waals surface area contributed by atoms with Crippen molar-refractivity contribution in [2.45, 2.75) is 25.7 Å². The van der Waals surface area contributed by atoms with Crippen LogP contribution in [0.15, 0.2) is 12.1 Å². The smallest absolute Gasteiger partial charge is 0.293 e. The van der Waals surface area contributed by atoms with Gasteiger partial charge < -0.3 is 10.2 Å². The molecule has 0 unspecified atom stereocenters. The van der Waals surface area contributed by atoms with Crippen molar-refractivity contribution in [3.63, 3.8) is 0 Å². The number of benzene rings is 1. The fourth-order valence-electron chi connectivity index (χ4n) is 2.54. The molecule has 0 spiro atoms. The maximum Gasteiger partial charge on any atom is 0.293 e. The highest BCUT2D eigenvalue weighted by molar-refractivity contribution is 6.42. The minimum absolute atomic E-state index is 0.0414. The molecule has 0 saturated carbocycles. The van der Waals surface area contributed by atoms with Crippen LogP contribution in [0.2, 0.25) is 10.0 Å². The molecule has 21 heavy (non-hydrogen) atoms. The summed E-state index contributed by atoms with van der Waals surface area (Å²) in [6.45, 7) is 3.73. The van der Waals surface area contributed by atoms with Crippen LogP contribution < -0.4 is 5.32 Å². The molecular formula is C14H19Cl2N3O2. The van der Waals surface area contributed by atoms with Crippen LogP contribution in [-0.4, -0.2) is 36.0 Å². The van der Waals surface area contributed by atoms with Gasteiger partial charge in [-0.2, -0.15) is 0 Å². The zero-order valence-corrected chi connectivity index (χ0v) is 13.3. The molecule has 1 N–H and O–H groups in total. The Hall–Kier alpha value is -1.04. The van der Waals surface area contributed by atoms with Gasteiger partial charge in [0.2, 0.25) is 0 Å². The third-order valence-corrected chi connectivity index (χ3v) is 4.40. The van der Waals surface area contributed by atoms with Gasteiger partial charge in [0, 0.05) is 19.2 Å². The molecule has 1 heterocycles. The lowest BCUT2D eigenvalue weighted by Crippen LogP contribution is -2.30. The molecular weight excluding hydrogens is 313 g/mol. The Balaban J connectivity index is 1.95. The second kappa shape index (κ2) is 7.82. The van der Waals surface area contributed by atoms with E-state index >= 15 is 0 Å². The second-order valence-electron chi connectivity index (χ2n) is 5.22. The molecule has 1 fully saturated rings. The van der Waals surface area contributed by atoms with Crippen molar-refractivity contribution in [3.8, 4) is 0 Å². The van der Waals surface area contributed by atoms with E-state index in [4.69, 9.17) is 23.2 Å². The molecule has 0 bridgehead atoms. The molecule has 0 aliphatic carbocycles. The number of hydrogen-bond donors (Lipinski definition) is 1. The maximum atomic E-state index is 11.0. The predicted molar refractivity (Wildman–Crippen MR) is 86.5 cm³/mol. The van der Waals surface area contributed by atoms with E-state index in [0.29, 0.717) is 17.3 Å². The van der Waals surface area contributed by atoms with Crippen LogP contribution in [0.5, 0.6) is 0 Å². The summed E-state index contributed by atoms with van der Waals surface area (Å²) >= 11 is 11.8. The van der Waals surface area contributed by atoms with Gasteiger partial charge in [-0.25, -0.2) is 0 Å². The van der Waals surface area contributed by atoms with Gasteiger partial charge in [-0.1, -0.05) is 36.0 Å². The van der Waals surface area contributed by atoms with Crippen molar-refractivity contribution in [1.29, 1.82) is 0 Å². The van der Waals surface area contributed by atoms with Gasteiger partial charge in [-0.3, -0.25) is 10.1 Å². The zero-order valence-electron chi connectivity index (χ0n) is 11.8. The number of nitrogens with one attached hydrogen (secondary N) is 1. The van der Waals surface area contributed by atoms with E-state index in [2.05, 4.69) is 10.2 Å². The summed E-state index contributed by atoms with van der Waals surface area (Å²) in [7, 11) is 0. The van der Waals surface area contributed by atoms with E-state index in [1.807, 2.05) is 0 Å². The summed E-state index contributed by atoms with van der Waals surface area (Å²) in [6, 6.07) is 2.81. The molecule has 7 heteroatoms. The number of anilines is 1. The maximum absolute atomic E-state index is 11.0. The lowest BCUT2D eigenvalue weighted by molar-refractivity contribution is -0.383. The molecule has 116 valence electrons. The fourth-order valence-corrected chi connectivity index (χ4v) is 2.86. The standard InChI is InChI=1S/C14H19Cl2N3O2/c15-11-9-13(14(19(20)21)10-12(11)16)17-5-8-18-6-3-1-2-4-7-18/h9-10,17H,1-8H2. The number of likely N-dealkylation sites (tertiary alicyclic amines) is 1. The first-order chi connectivity index (χ1) is 10.1. The van der Waals surface area contributed by atoms with Gasteiger partial charge >= 0.3 is 0 Å². The molecule has 1 aliphatic heterocycles. The molecule has 0 atom stereocenters. The summed E-state index contributed by atoms with van der Waals surface area (Å²) < 4.78 is 0. The van der Waals surface area contributed by atoms with Gasteiger partial charge in [0.05, 0.1) is 15.0 Å². The summed E-state index contributed by atoms with van der Waals surface area (Å²) in [5, 5.41) is 14.7. The van der Waals surface area contributed by atoms with Gasteiger partial charge in [-0.15, -0.1) is 0 Å². The van der Waals surface area contributed by atoms with Crippen LogP contribution in [0, 0.1) is 10.1 Å². The lowest BCUT2D eigenvalue weighted by Gasteiger charge is -2.20. The topological polar surface area (TPSA) is 58.4 Å². The Morgan fingerprint density at radius 2 is 1.76 bits per heavy atom. The molecule has 2 rings (SSSR count). The second-order valence-corrected chi connectivity index (χ2v) is 6.04. The molecule has 1 aromatic carbocycles. The minimum Gasteiger partial charge on any atom is -0.378 e. The lowest BCUT2D eigenvalue weighted by atomic mass is 10.2. The van der Waals surface area contributed by atoms with Crippen LogP contribution in [0.1, 0.15) is 25.7 Å². The third-order valence-electron chi connectivity index (χ3n) is 3.68. The fraction of sp³-hybridized carbons (Fsp3) is 0.571. The van der Waals surface area contributed by atoms with Crippen LogP contribution in [0.4, 0.5) is 11.4 Å². The molecule has 1 aliphatic rings. The normalized spacial score (nSPS) is 16.5. The van der Waals surface area contributed by atoms with Gasteiger partial charge in [0.25, 0.3) is 5.69 Å². The van der Waals surface area contributed by atoms with Crippen molar-refractivity contribution >= 4 is 34.6 Å². The average molecular weight is 332 g/mol. The Bertz CT molecular complexity index is 503. The molecule has 0 amide bonds. The van der Waals surface area contributed by atoms with Crippen molar-refractivity contribution in [3.05, 3.63) is 32.3 Å². The van der Waals surface area contributed by atoms with Crippen LogP contribution in [0.3, 0.4) is 0 Å². The largest absolute Gasteiger partial charge is 0.378 e. The SMILES string of the molecule is O=[N+]([O-])c1cc(Cl)c(Cl)cc1NCCN1CCCCCC1. The van der Waals surface area contributed by atoms with Crippen LogP contribution >= 0.6 is 23.2 Å². The van der Waals surface area contributed by atoms with Crippen molar-refractivity contribution in [2.24, 2.45) is 0 Å². The number of nitro benzene ring substituents is 1. The minimum atomic E-state index is -0.448. The van der Waals surface area contributed by atoms with Crippen molar-refractivity contribution in [1.82, 2.24) is 4.90 Å². The highest BCUT2D eigenvalue weighted by Crippen LogP contribution is 2.33. The Kier molecular flexibility index (Phi) is 6.08. The highest BCUT2D eigenvalue weighted by Gasteiger charge is 2.17. The van der Waals surface area contributed by atoms with Gasteiger partial charge in [-0.05, 0) is 32.0 Å². The monoisotopic (exact) mass is 331 g/mol. The highest BCUT2D eigenvalue weighted by atomic mass is 35.5. The summed E-state index contributed by atoms with van der Waals surface area (Å²) in [6.07, 6.45) is 5.05. The Morgan fingerprint density at radius 1 is 1.14 bits per heavy atom. The van der Waals surface area contributed by atoms with Crippen LogP contribution in [0.25, 0.3) is 0 Å². The van der Waals surface area contributed by atoms with E-state index in [0.717, 1.165) is 19.6 Å². The van der Waals surface area contributed by atoms with E-state index in [9.17, 15) is 10.1 Å². The Labute approximate surface area is 134 Å². The van der Waals surface area contributed by atoms with E-state index in [1.54, 1.807) is 0 Å². The number of halogens is 2.